The lowest BCUT2D eigenvalue weighted by Gasteiger charge is -2.26. The molecule has 0 bridgehead atoms. The molecule has 1 aromatic carbocycles. The van der Waals surface area contributed by atoms with E-state index in [9.17, 15) is 4.79 Å². The van der Waals surface area contributed by atoms with E-state index >= 15 is 0 Å². The van der Waals surface area contributed by atoms with Crippen molar-refractivity contribution in [3.63, 3.8) is 0 Å². The number of benzene rings is 1. The van der Waals surface area contributed by atoms with Crippen LogP contribution >= 0.6 is 11.8 Å². The molecule has 0 saturated carbocycles. The molecule has 0 unspecified atom stereocenters. The Hall–Kier alpha value is -1.04. The van der Waals surface area contributed by atoms with E-state index in [2.05, 4.69) is 53.8 Å². The zero-order valence-corrected chi connectivity index (χ0v) is 15.6. The van der Waals surface area contributed by atoms with Crippen molar-refractivity contribution in [2.24, 2.45) is 11.3 Å². The summed E-state index contributed by atoms with van der Waals surface area (Å²) in [5.41, 5.74) is 2.52. The van der Waals surface area contributed by atoms with E-state index in [0.29, 0.717) is 5.92 Å². The maximum atomic E-state index is 12.7. The summed E-state index contributed by atoms with van der Waals surface area (Å²) in [5.74, 6) is 2.86. The Morgan fingerprint density at radius 2 is 2.38 bits per heavy atom. The van der Waals surface area contributed by atoms with Gasteiger partial charge in [0.25, 0.3) is 0 Å². The smallest absolute Gasteiger partial charge is 0.229 e. The van der Waals surface area contributed by atoms with Crippen molar-refractivity contribution < 1.29 is 4.79 Å². The number of carbonyl (C=O) groups excluding carboxylic acids is 1. The van der Waals surface area contributed by atoms with Crippen LogP contribution in [0.4, 0.5) is 0 Å². The summed E-state index contributed by atoms with van der Waals surface area (Å²) in [6.07, 6.45) is 1.03. The Morgan fingerprint density at radius 1 is 1.50 bits per heavy atom. The summed E-state index contributed by atoms with van der Waals surface area (Å²) < 4.78 is 0. The van der Waals surface area contributed by atoms with Crippen molar-refractivity contribution in [2.45, 2.75) is 19.1 Å². The third-order valence-electron chi connectivity index (χ3n) is 5.25. The summed E-state index contributed by atoms with van der Waals surface area (Å²) in [6, 6.07) is 8.69. The number of fused-ring (bicyclic) bond motifs is 1. The fourth-order valence-electron chi connectivity index (χ4n) is 4.04. The van der Waals surface area contributed by atoms with Crippen LogP contribution in [0.25, 0.3) is 0 Å². The minimum absolute atomic E-state index is 0.191. The number of thioether (sulfide) groups is 1. The normalized spacial score (nSPS) is 26.5. The zero-order chi connectivity index (χ0) is 17.0. The average molecular weight is 348 g/mol. The van der Waals surface area contributed by atoms with Gasteiger partial charge in [0.2, 0.25) is 5.91 Å². The highest BCUT2D eigenvalue weighted by Crippen LogP contribution is 2.38. The van der Waals surface area contributed by atoms with Gasteiger partial charge in [0.15, 0.2) is 0 Å². The molecule has 2 fully saturated rings. The minimum Gasteiger partial charge on any atom is -0.355 e. The number of hydrogen-bond donors (Lipinski definition) is 2. The van der Waals surface area contributed by atoms with Gasteiger partial charge in [0.1, 0.15) is 0 Å². The molecular weight excluding hydrogens is 318 g/mol. The fourth-order valence-corrected chi connectivity index (χ4v) is 4.95. The summed E-state index contributed by atoms with van der Waals surface area (Å²) >= 11 is 1.95. The molecule has 0 radical (unpaired) electrons. The zero-order valence-electron chi connectivity index (χ0n) is 14.8. The number of rotatable bonds is 7. The molecule has 2 aliphatic rings. The molecule has 1 amide bonds. The van der Waals surface area contributed by atoms with Gasteiger partial charge >= 0.3 is 0 Å². The number of nitrogens with one attached hydrogen (secondary N) is 2. The van der Waals surface area contributed by atoms with Gasteiger partial charge < -0.3 is 15.5 Å². The van der Waals surface area contributed by atoms with Gasteiger partial charge in [-0.05, 0) is 31.7 Å². The second-order valence-electron chi connectivity index (χ2n) is 7.33. The van der Waals surface area contributed by atoms with Gasteiger partial charge in [-0.2, -0.15) is 11.8 Å². The second-order valence-corrected chi connectivity index (χ2v) is 8.44. The molecule has 132 valence electrons. The van der Waals surface area contributed by atoms with Crippen LogP contribution in [-0.4, -0.2) is 56.3 Å². The lowest BCUT2D eigenvalue weighted by Crippen LogP contribution is -2.47. The van der Waals surface area contributed by atoms with Crippen LogP contribution in [-0.2, 0) is 10.5 Å². The van der Waals surface area contributed by atoms with Gasteiger partial charge in [0, 0.05) is 44.4 Å². The number of amides is 1. The Balaban J connectivity index is 1.35. The average Bonchev–Trinajstić information content (AvgIpc) is 3.07. The van der Waals surface area contributed by atoms with E-state index in [4.69, 9.17) is 0 Å². The fraction of sp³-hybridized carbons (Fsp3) is 0.632. The van der Waals surface area contributed by atoms with Crippen molar-refractivity contribution in [1.29, 1.82) is 0 Å². The van der Waals surface area contributed by atoms with Gasteiger partial charge in [-0.15, -0.1) is 0 Å². The van der Waals surface area contributed by atoms with Crippen molar-refractivity contribution in [2.75, 3.05) is 45.5 Å². The number of likely N-dealkylation sites (tertiary alicyclic amines) is 1. The number of nitrogens with zero attached hydrogens (tertiary/aromatic N) is 1. The number of hydrogen-bond acceptors (Lipinski definition) is 4. The van der Waals surface area contributed by atoms with Crippen molar-refractivity contribution in [1.82, 2.24) is 15.5 Å². The summed E-state index contributed by atoms with van der Waals surface area (Å²) in [6.45, 7) is 6.65. The first-order chi connectivity index (χ1) is 11.6. The SMILES string of the molecule is Cc1cccc(CSCCCNC(=O)[C@]23CNC[C@H]2CN(C)C3)c1. The monoisotopic (exact) mass is 347 g/mol. The Kier molecular flexibility index (Phi) is 5.85. The van der Waals surface area contributed by atoms with Crippen molar-refractivity contribution in [3.05, 3.63) is 35.4 Å². The maximum Gasteiger partial charge on any atom is 0.229 e. The molecule has 2 heterocycles. The Bertz CT molecular complexity index is 579. The third-order valence-corrected chi connectivity index (χ3v) is 6.37. The molecule has 2 aliphatic heterocycles. The summed E-state index contributed by atoms with van der Waals surface area (Å²) in [7, 11) is 2.12. The number of aryl methyl sites for hydroxylation is 1. The predicted molar refractivity (Wildman–Crippen MR) is 101 cm³/mol. The highest BCUT2D eigenvalue weighted by Gasteiger charge is 2.53. The molecule has 2 saturated heterocycles. The molecule has 0 aliphatic carbocycles. The van der Waals surface area contributed by atoms with Crippen LogP contribution in [0.2, 0.25) is 0 Å². The molecule has 2 N–H and O–H groups in total. The van der Waals surface area contributed by atoms with Gasteiger partial charge in [-0.3, -0.25) is 4.79 Å². The molecule has 0 spiro atoms. The van der Waals surface area contributed by atoms with E-state index < -0.39 is 0 Å². The molecule has 2 atom stereocenters. The van der Waals surface area contributed by atoms with Crippen LogP contribution in [0.5, 0.6) is 0 Å². The highest BCUT2D eigenvalue weighted by atomic mass is 32.2. The first kappa shape index (κ1) is 17.8. The van der Waals surface area contributed by atoms with Crippen molar-refractivity contribution >= 4 is 17.7 Å². The minimum atomic E-state index is -0.191. The Labute approximate surface area is 149 Å². The van der Waals surface area contributed by atoms with Gasteiger partial charge in [-0.25, -0.2) is 0 Å². The Morgan fingerprint density at radius 3 is 3.21 bits per heavy atom. The molecular formula is C19H29N3OS. The van der Waals surface area contributed by atoms with E-state index in [1.54, 1.807) is 0 Å². The van der Waals surface area contributed by atoms with E-state index in [0.717, 1.165) is 50.7 Å². The topological polar surface area (TPSA) is 44.4 Å². The van der Waals surface area contributed by atoms with Gasteiger partial charge in [0.05, 0.1) is 5.41 Å². The second kappa shape index (κ2) is 7.89. The maximum absolute atomic E-state index is 12.7. The van der Waals surface area contributed by atoms with E-state index in [1.165, 1.54) is 11.1 Å². The van der Waals surface area contributed by atoms with Gasteiger partial charge in [-0.1, -0.05) is 29.8 Å². The van der Waals surface area contributed by atoms with Crippen LogP contribution in [0.3, 0.4) is 0 Å². The van der Waals surface area contributed by atoms with Crippen LogP contribution < -0.4 is 10.6 Å². The van der Waals surface area contributed by atoms with Crippen LogP contribution in [0.15, 0.2) is 24.3 Å². The third kappa shape index (κ3) is 3.95. The molecule has 5 heteroatoms. The van der Waals surface area contributed by atoms with Crippen molar-refractivity contribution in [3.8, 4) is 0 Å². The number of carbonyl (C=O) groups is 1. The first-order valence-electron chi connectivity index (χ1n) is 8.91. The molecule has 0 aromatic heterocycles. The molecule has 24 heavy (non-hydrogen) atoms. The summed E-state index contributed by atoms with van der Waals surface area (Å²) in [4.78, 5) is 15.0. The summed E-state index contributed by atoms with van der Waals surface area (Å²) in [5, 5.41) is 6.60. The van der Waals surface area contributed by atoms with E-state index in [1.807, 2.05) is 11.8 Å². The van der Waals surface area contributed by atoms with E-state index in [-0.39, 0.29) is 11.3 Å². The quantitative estimate of drug-likeness (QED) is 0.740. The molecule has 1 aromatic rings. The molecule has 4 nitrogen and oxygen atoms in total. The predicted octanol–water partition coefficient (Wildman–Crippen LogP) is 1.89. The molecule has 3 rings (SSSR count). The lowest BCUT2D eigenvalue weighted by molar-refractivity contribution is -0.130. The first-order valence-corrected chi connectivity index (χ1v) is 10.1. The van der Waals surface area contributed by atoms with Crippen LogP contribution in [0, 0.1) is 18.3 Å². The largest absolute Gasteiger partial charge is 0.355 e. The van der Waals surface area contributed by atoms with Crippen LogP contribution in [0.1, 0.15) is 17.5 Å². The highest BCUT2D eigenvalue weighted by molar-refractivity contribution is 7.98. The lowest BCUT2D eigenvalue weighted by atomic mass is 9.80. The standard InChI is InChI=1S/C19H29N3OS/c1-15-5-3-6-16(9-15)12-24-8-4-7-21-18(23)19-13-20-10-17(19)11-22(2)14-19/h3,5-6,9,17,20H,4,7-8,10-14H2,1-2H3,(H,21,23)/t17-,19-/m0/s1.